The molecule has 0 aliphatic rings. The Morgan fingerprint density at radius 1 is 1.20 bits per heavy atom. The molecule has 20 heavy (non-hydrogen) atoms. The number of benzene rings is 1. The van der Waals surface area contributed by atoms with E-state index in [1.807, 2.05) is 13.0 Å². The van der Waals surface area contributed by atoms with Gasteiger partial charge in [0.2, 0.25) is 0 Å². The van der Waals surface area contributed by atoms with Gasteiger partial charge in [-0.1, -0.05) is 6.07 Å². The van der Waals surface area contributed by atoms with Gasteiger partial charge in [0.05, 0.1) is 17.1 Å². The Morgan fingerprint density at radius 3 is 2.60 bits per heavy atom. The number of carbonyl (C=O) groups excluding carboxylic acids is 1. The van der Waals surface area contributed by atoms with E-state index in [4.69, 9.17) is 9.47 Å². The number of rotatable bonds is 5. The number of hydrogen-bond donors (Lipinski definition) is 1. The Labute approximate surface area is 117 Å². The maximum atomic E-state index is 12.3. The van der Waals surface area contributed by atoms with Crippen LogP contribution in [0.25, 0.3) is 11.0 Å². The molecule has 0 aliphatic carbocycles. The van der Waals surface area contributed by atoms with Crippen LogP contribution in [0.4, 0.5) is 0 Å². The Balaban J connectivity index is 2.24. The summed E-state index contributed by atoms with van der Waals surface area (Å²) in [5.74, 6) is -0.234. The number of methoxy groups -OCH3 is 2. The molecule has 0 fully saturated rings. The zero-order valence-electron chi connectivity index (χ0n) is 11.7. The number of para-hydroxylation sites is 1. The lowest BCUT2D eigenvalue weighted by molar-refractivity contribution is -0.117. The summed E-state index contributed by atoms with van der Waals surface area (Å²) < 4.78 is 10.2. The van der Waals surface area contributed by atoms with Gasteiger partial charge in [0.1, 0.15) is 5.52 Å². The molecule has 1 unspecified atom stereocenters. The minimum atomic E-state index is -0.500. The first-order valence-electron chi connectivity index (χ1n) is 6.23. The average Bonchev–Trinajstić information content (AvgIpc) is 2.47. The second-order valence-corrected chi connectivity index (χ2v) is 4.33. The fourth-order valence-electron chi connectivity index (χ4n) is 2.03. The number of nitrogens with zero attached hydrogens (tertiary/aromatic N) is 2. The molecule has 0 saturated carbocycles. The van der Waals surface area contributed by atoms with Crippen molar-refractivity contribution in [2.75, 3.05) is 14.2 Å². The first kappa shape index (κ1) is 14.4. The molecule has 1 aromatic heterocycles. The largest absolute Gasteiger partial charge is 0.354 e. The van der Waals surface area contributed by atoms with Gasteiger partial charge >= 0.3 is 0 Å². The van der Waals surface area contributed by atoms with Crippen LogP contribution in [0.1, 0.15) is 17.3 Å². The SMILES string of the molecule is COC(OC)C(C)NC(=O)c1cccc2nccnc12. The first-order valence-corrected chi connectivity index (χ1v) is 6.23. The molecule has 1 amide bonds. The first-order chi connectivity index (χ1) is 9.67. The van der Waals surface area contributed by atoms with E-state index in [0.717, 1.165) is 0 Å². The van der Waals surface area contributed by atoms with Crippen molar-refractivity contribution in [3.8, 4) is 0 Å². The van der Waals surface area contributed by atoms with Crippen LogP contribution >= 0.6 is 0 Å². The van der Waals surface area contributed by atoms with E-state index in [1.54, 1.807) is 24.5 Å². The predicted octanol–water partition coefficient (Wildman–Crippen LogP) is 1.37. The summed E-state index contributed by atoms with van der Waals surface area (Å²) >= 11 is 0. The highest BCUT2D eigenvalue weighted by Gasteiger charge is 2.20. The third kappa shape index (κ3) is 2.92. The Bertz CT molecular complexity index is 594. The highest BCUT2D eigenvalue weighted by Crippen LogP contribution is 2.14. The Hall–Kier alpha value is -2.05. The van der Waals surface area contributed by atoms with Crippen LogP contribution in [0.3, 0.4) is 0 Å². The normalized spacial score (nSPS) is 12.6. The number of carbonyl (C=O) groups is 1. The van der Waals surface area contributed by atoms with Gasteiger partial charge in [0.15, 0.2) is 6.29 Å². The second kappa shape index (κ2) is 6.40. The average molecular weight is 275 g/mol. The quantitative estimate of drug-likeness (QED) is 0.834. The topological polar surface area (TPSA) is 73.3 Å². The smallest absolute Gasteiger partial charge is 0.253 e. The van der Waals surface area contributed by atoms with E-state index < -0.39 is 6.29 Å². The molecule has 0 aliphatic heterocycles. The van der Waals surface area contributed by atoms with Gasteiger partial charge in [-0.05, 0) is 19.1 Å². The van der Waals surface area contributed by atoms with Crippen LogP contribution in [0.15, 0.2) is 30.6 Å². The van der Waals surface area contributed by atoms with Crippen LogP contribution in [0, 0.1) is 0 Å². The van der Waals surface area contributed by atoms with Crippen molar-refractivity contribution in [1.82, 2.24) is 15.3 Å². The fraction of sp³-hybridized carbons (Fsp3) is 0.357. The molecule has 0 saturated heterocycles. The molecule has 1 N–H and O–H groups in total. The third-order valence-corrected chi connectivity index (χ3v) is 2.97. The minimum Gasteiger partial charge on any atom is -0.354 e. The monoisotopic (exact) mass is 275 g/mol. The Kier molecular flexibility index (Phi) is 4.60. The van der Waals surface area contributed by atoms with Gasteiger partial charge < -0.3 is 14.8 Å². The van der Waals surface area contributed by atoms with Crippen molar-refractivity contribution in [2.24, 2.45) is 0 Å². The maximum Gasteiger partial charge on any atom is 0.253 e. The van der Waals surface area contributed by atoms with E-state index in [9.17, 15) is 4.79 Å². The molecule has 0 bridgehead atoms. The summed E-state index contributed by atoms with van der Waals surface area (Å²) in [7, 11) is 3.06. The molecular weight excluding hydrogens is 258 g/mol. The van der Waals surface area contributed by atoms with Gasteiger partial charge in [-0.2, -0.15) is 0 Å². The third-order valence-electron chi connectivity index (χ3n) is 2.97. The van der Waals surface area contributed by atoms with Gasteiger partial charge in [0.25, 0.3) is 5.91 Å². The molecule has 1 heterocycles. The number of hydrogen-bond acceptors (Lipinski definition) is 5. The molecule has 2 rings (SSSR count). The van der Waals surface area contributed by atoms with Gasteiger partial charge in [0, 0.05) is 26.6 Å². The van der Waals surface area contributed by atoms with Gasteiger partial charge in [-0.15, -0.1) is 0 Å². The van der Waals surface area contributed by atoms with Crippen LogP contribution in [0.5, 0.6) is 0 Å². The van der Waals surface area contributed by atoms with Crippen molar-refractivity contribution in [3.63, 3.8) is 0 Å². The molecule has 6 heteroatoms. The zero-order valence-corrected chi connectivity index (χ0v) is 11.7. The predicted molar refractivity (Wildman–Crippen MR) is 74.3 cm³/mol. The van der Waals surface area contributed by atoms with E-state index in [1.165, 1.54) is 14.2 Å². The van der Waals surface area contributed by atoms with E-state index in [-0.39, 0.29) is 11.9 Å². The summed E-state index contributed by atoms with van der Waals surface area (Å²) in [5, 5.41) is 2.83. The highest BCUT2D eigenvalue weighted by atomic mass is 16.7. The van der Waals surface area contributed by atoms with Crippen molar-refractivity contribution in [1.29, 1.82) is 0 Å². The highest BCUT2D eigenvalue weighted by molar-refractivity contribution is 6.04. The standard InChI is InChI=1S/C14H17N3O3/c1-9(14(19-2)20-3)17-13(18)10-5-4-6-11-12(10)16-8-7-15-11/h4-9,14H,1-3H3,(H,17,18). The minimum absolute atomic E-state index is 0.234. The molecule has 106 valence electrons. The van der Waals surface area contributed by atoms with Crippen molar-refractivity contribution < 1.29 is 14.3 Å². The lowest BCUT2D eigenvalue weighted by Gasteiger charge is -2.22. The molecule has 2 aromatic rings. The number of nitrogens with one attached hydrogen (secondary N) is 1. The van der Waals surface area contributed by atoms with Crippen LogP contribution in [-0.4, -0.2) is 42.4 Å². The van der Waals surface area contributed by atoms with Gasteiger partial charge in [-0.3, -0.25) is 14.8 Å². The van der Waals surface area contributed by atoms with Crippen molar-refractivity contribution >= 4 is 16.9 Å². The zero-order chi connectivity index (χ0) is 14.5. The molecule has 0 spiro atoms. The van der Waals surface area contributed by atoms with Crippen LogP contribution < -0.4 is 5.32 Å². The van der Waals surface area contributed by atoms with E-state index >= 15 is 0 Å². The second-order valence-electron chi connectivity index (χ2n) is 4.33. The molecular formula is C14H17N3O3. The molecule has 6 nitrogen and oxygen atoms in total. The van der Waals surface area contributed by atoms with E-state index in [2.05, 4.69) is 15.3 Å². The van der Waals surface area contributed by atoms with E-state index in [0.29, 0.717) is 16.6 Å². The van der Waals surface area contributed by atoms with Crippen LogP contribution in [0.2, 0.25) is 0 Å². The molecule has 1 aromatic carbocycles. The van der Waals surface area contributed by atoms with Gasteiger partial charge in [-0.25, -0.2) is 0 Å². The molecule has 0 radical (unpaired) electrons. The Morgan fingerprint density at radius 2 is 1.90 bits per heavy atom. The number of amides is 1. The van der Waals surface area contributed by atoms with Crippen LogP contribution in [-0.2, 0) is 9.47 Å². The fourth-order valence-corrected chi connectivity index (χ4v) is 2.03. The lowest BCUT2D eigenvalue weighted by atomic mass is 10.1. The lowest BCUT2D eigenvalue weighted by Crippen LogP contribution is -2.43. The summed E-state index contributed by atoms with van der Waals surface area (Å²) in [6, 6.07) is 5.02. The summed E-state index contributed by atoms with van der Waals surface area (Å²) in [5.41, 5.74) is 1.74. The number of ether oxygens (including phenoxy) is 2. The number of aromatic nitrogens is 2. The van der Waals surface area contributed by atoms with Crippen molar-refractivity contribution in [3.05, 3.63) is 36.2 Å². The maximum absolute atomic E-state index is 12.3. The van der Waals surface area contributed by atoms with Crippen molar-refractivity contribution in [2.45, 2.75) is 19.3 Å². The summed E-state index contributed by atoms with van der Waals surface area (Å²) in [4.78, 5) is 20.7. The summed E-state index contributed by atoms with van der Waals surface area (Å²) in [6.07, 6.45) is 2.66. The summed E-state index contributed by atoms with van der Waals surface area (Å²) in [6.45, 7) is 1.81. The number of fused-ring (bicyclic) bond motifs is 1. The molecule has 1 atom stereocenters.